The minimum atomic E-state index is -0.449. The van der Waals surface area contributed by atoms with Crippen molar-refractivity contribution in [3.8, 4) is 0 Å². The highest BCUT2D eigenvalue weighted by atomic mass is 32.1. The van der Waals surface area contributed by atoms with E-state index in [0.29, 0.717) is 10.7 Å². The first-order valence-corrected chi connectivity index (χ1v) is 6.11. The van der Waals surface area contributed by atoms with Gasteiger partial charge in [0.2, 0.25) is 0 Å². The molecular weight excluding hydrogens is 259 g/mol. The van der Waals surface area contributed by atoms with Crippen molar-refractivity contribution >= 4 is 35.0 Å². The van der Waals surface area contributed by atoms with Gasteiger partial charge >= 0.3 is 0 Å². The van der Waals surface area contributed by atoms with Crippen LogP contribution in [0.25, 0.3) is 0 Å². The molecule has 17 heavy (non-hydrogen) atoms. The maximum atomic E-state index is 13.0. The van der Waals surface area contributed by atoms with Crippen molar-refractivity contribution in [1.82, 2.24) is 4.98 Å². The number of nitrogens with zero attached hydrogens (tertiary/aromatic N) is 1. The Bertz CT molecular complexity index is 568. The first kappa shape index (κ1) is 12.1. The van der Waals surface area contributed by atoms with E-state index in [4.69, 9.17) is 0 Å². The van der Waals surface area contributed by atoms with Gasteiger partial charge in [0.1, 0.15) is 5.82 Å². The lowest BCUT2D eigenvalue weighted by Gasteiger charge is -2.02. The van der Waals surface area contributed by atoms with Gasteiger partial charge < -0.3 is 0 Å². The Balaban J connectivity index is 2.17. The Hall–Kier alpha value is -1.40. The molecule has 1 N–H and O–H groups in total. The van der Waals surface area contributed by atoms with Crippen LogP contribution in [0.4, 0.5) is 9.52 Å². The van der Waals surface area contributed by atoms with Gasteiger partial charge in [0.25, 0.3) is 5.91 Å². The third-order valence-corrected chi connectivity index (χ3v) is 3.27. The summed E-state index contributed by atoms with van der Waals surface area (Å²) in [4.78, 5) is 16.0. The third-order valence-electron chi connectivity index (χ3n) is 2.05. The van der Waals surface area contributed by atoms with Crippen LogP contribution in [0.3, 0.4) is 0 Å². The smallest absolute Gasteiger partial charge is 0.257 e. The number of carbonyl (C=O) groups is 1. The predicted molar refractivity (Wildman–Crippen MR) is 68.5 cm³/mol. The minimum absolute atomic E-state index is 0.146. The van der Waals surface area contributed by atoms with E-state index in [1.165, 1.54) is 29.5 Å². The van der Waals surface area contributed by atoms with Crippen molar-refractivity contribution in [2.75, 3.05) is 5.32 Å². The molecule has 1 aromatic carbocycles. The summed E-state index contributed by atoms with van der Waals surface area (Å²) >= 11 is 5.27. The topological polar surface area (TPSA) is 42.0 Å². The summed E-state index contributed by atoms with van der Waals surface area (Å²) in [5, 5.41) is 5.00. The summed E-state index contributed by atoms with van der Waals surface area (Å²) in [5.41, 5.74) is 1.20. The van der Waals surface area contributed by atoms with E-state index >= 15 is 0 Å². The Kier molecular flexibility index (Phi) is 3.44. The van der Waals surface area contributed by atoms with E-state index in [9.17, 15) is 9.18 Å². The molecule has 0 aliphatic heterocycles. The lowest BCUT2D eigenvalue weighted by molar-refractivity contribution is 0.102. The van der Waals surface area contributed by atoms with Gasteiger partial charge in [-0.2, -0.15) is 0 Å². The second-order valence-electron chi connectivity index (χ2n) is 3.41. The molecule has 2 aromatic rings. The molecule has 88 valence electrons. The fourth-order valence-electron chi connectivity index (χ4n) is 1.23. The maximum absolute atomic E-state index is 13.0. The normalized spacial score (nSPS) is 10.3. The number of thiol groups is 1. The van der Waals surface area contributed by atoms with Crippen LogP contribution in [-0.2, 0) is 0 Å². The van der Waals surface area contributed by atoms with E-state index in [2.05, 4.69) is 22.9 Å². The van der Waals surface area contributed by atoms with Crippen LogP contribution in [0.2, 0.25) is 0 Å². The van der Waals surface area contributed by atoms with Crippen molar-refractivity contribution in [2.24, 2.45) is 0 Å². The summed E-state index contributed by atoms with van der Waals surface area (Å²) in [6.45, 7) is 1.84. The van der Waals surface area contributed by atoms with Gasteiger partial charge in [-0.3, -0.25) is 10.1 Å². The predicted octanol–water partition coefficient (Wildman–Crippen LogP) is 3.13. The standard InChI is InChI=1S/C11H9FN2OS2/c1-6-5-17-11(13-6)14-10(15)7-2-3-8(12)9(16)4-7/h2-5,16H,1H3,(H,13,14,15). The average Bonchev–Trinajstić information content (AvgIpc) is 2.68. The minimum Gasteiger partial charge on any atom is -0.298 e. The number of amides is 1. The van der Waals surface area contributed by atoms with Crippen LogP contribution in [0.5, 0.6) is 0 Å². The number of hydrogen-bond acceptors (Lipinski definition) is 4. The SMILES string of the molecule is Cc1csc(NC(=O)c2ccc(F)c(S)c2)n1. The molecule has 0 fully saturated rings. The van der Waals surface area contributed by atoms with Crippen LogP contribution in [0, 0.1) is 12.7 Å². The quantitative estimate of drug-likeness (QED) is 0.822. The molecule has 0 atom stereocenters. The number of hydrogen-bond donors (Lipinski definition) is 2. The lowest BCUT2D eigenvalue weighted by atomic mass is 10.2. The van der Waals surface area contributed by atoms with Crippen LogP contribution in [0.1, 0.15) is 16.1 Å². The summed E-state index contributed by atoms with van der Waals surface area (Å²) in [7, 11) is 0. The van der Waals surface area contributed by atoms with Gasteiger partial charge in [0.05, 0.1) is 5.69 Å². The fraction of sp³-hybridized carbons (Fsp3) is 0.0909. The van der Waals surface area contributed by atoms with E-state index in [0.717, 1.165) is 5.69 Å². The molecule has 1 heterocycles. The molecule has 0 bridgehead atoms. The van der Waals surface area contributed by atoms with Crippen molar-refractivity contribution in [3.63, 3.8) is 0 Å². The molecule has 0 unspecified atom stereocenters. The van der Waals surface area contributed by atoms with Crippen LogP contribution in [0.15, 0.2) is 28.5 Å². The zero-order valence-corrected chi connectivity index (χ0v) is 10.6. The van der Waals surface area contributed by atoms with Gasteiger partial charge in [-0.1, -0.05) is 0 Å². The molecule has 6 heteroatoms. The van der Waals surface area contributed by atoms with Gasteiger partial charge in [-0.05, 0) is 25.1 Å². The highest BCUT2D eigenvalue weighted by molar-refractivity contribution is 7.80. The first-order valence-electron chi connectivity index (χ1n) is 4.78. The fourth-order valence-corrected chi connectivity index (χ4v) is 2.13. The third kappa shape index (κ3) is 2.83. The number of rotatable bonds is 2. The average molecular weight is 268 g/mol. The lowest BCUT2D eigenvalue weighted by Crippen LogP contribution is -2.11. The molecule has 0 radical (unpaired) electrons. The van der Waals surface area contributed by atoms with Crippen LogP contribution >= 0.6 is 24.0 Å². The summed E-state index contributed by atoms with van der Waals surface area (Å²) in [6, 6.07) is 4.00. The van der Waals surface area contributed by atoms with E-state index in [1.54, 1.807) is 0 Å². The molecule has 1 amide bonds. The van der Waals surface area contributed by atoms with Gasteiger partial charge in [-0.25, -0.2) is 9.37 Å². The zero-order valence-electron chi connectivity index (χ0n) is 8.90. The zero-order chi connectivity index (χ0) is 12.4. The van der Waals surface area contributed by atoms with Crippen molar-refractivity contribution in [2.45, 2.75) is 11.8 Å². The number of benzene rings is 1. The molecule has 0 aliphatic rings. The Morgan fingerprint density at radius 3 is 2.88 bits per heavy atom. The second kappa shape index (κ2) is 4.85. The van der Waals surface area contributed by atoms with E-state index in [1.807, 2.05) is 12.3 Å². The van der Waals surface area contributed by atoms with Crippen LogP contribution < -0.4 is 5.32 Å². The number of carbonyl (C=O) groups excluding carboxylic acids is 1. The molecule has 0 spiro atoms. The number of aryl methyl sites for hydroxylation is 1. The Morgan fingerprint density at radius 2 is 2.29 bits per heavy atom. The molecule has 3 nitrogen and oxygen atoms in total. The van der Waals surface area contributed by atoms with Gasteiger partial charge in [-0.15, -0.1) is 24.0 Å². The monoisotopic (exact) mass is 268 g/mol. The summed E-state index contributed by atoms with van der Waals surface area (Å²) in [6.07, 6.45) is 0. The Morgan fingerprint density at radius 1 is 1.53 bits per heavy atom. The second-order valence-corrected chi connectivity index (χ2v) is 4.75. The molecule has 0 aliphatic carbocycles. The number of anilines is 1. The largest absolute Gasteiger partial charge is 0.298 e. The van der Waals surface area contributed by atoms with Crippen molar-refractivity contribution < 1.29 is 9.18 Å². The molecule has 0 saturated heterocycles. The maximum Gasteiger partial charge on any atom is 0.257 e. The molecule has 0 saturated carbocycles. The van der Waals surface area contributed by atoms with Gasteiger partial charge in [0.15, 0.2) is 5.13 Å². The van der Waals surface area contributed by atoms with E-state index < -0.39 is 5.82 Å². The highest BCUT2D eigenvalue weighted by Crippen LogP contribution is 2.18. The Labute approximate surface area is 107 Å². The first-order chi connectivity index (χ1) is 8.06. The van der Waals surface area contributed by atoms with Gasteiger partial charge in [0, 0.05) is 15.8 Å². The molecule has 2 rings (SSSR count). The molecular formula is C11H9FN2OS2. The van der Waals surface area contributed by atoms with Crippen molar-refractivity contribution in [3.05, 3.63) is 40.7 Å². The summed E-state index contributed by atoms with van der Waals surface area (Å²) in [5.74, 6) is -0.773. The van der Waals surface area contributed by atoms with E-state index in [-0.39, 0.29) is 10.8 Å². The highest BCUT2D eigenvalue weighted by Gasteiger charge is 2.10. The summed E-state index contributed by atoms with van der Waals surface area (Å²) < 4.78 is 13.0. The van der Waals surface area contributed by atoms with Crippen molar-refractivity contribution in [1.29, 1.82) is 0 Å². The number of thiazole rings is 1. The number of halogens is 1. The molecule has 1 aromatic heterocycles. The number of nitrogens with one attached hydrogen (secondary N) is 1. The number of aromatic nitrogens is 1. The van der Waals surface area contributed by atoms with Crippen LogP contribution in [-0.4, -0.2) is 10.9 Å².